The number of anilines is 1. The van der Waals surface area contributed by atoms with Crippen molar-refractivity contribution in [2.24, 2.45) is 0 Å². The van der Waals surface area contributed by atoms with Gasteiger partial charge in [-0.25, -0.2) is 23.4 Å². The van der Waals surface area contributed by atoms with E-state index in [1.54, 1.807) is 36.4 Å². The van der Waals surface area contributed by atoms with Gasteiger partial charge in [0.15, 0.2) is 5.03 Å². The maximum atomic E-state index is 13.5. The summed E-state index contributed by atoms with van der Waals surface area (Å²) in [5, 5.41) is 11.6. The summed E-state index contributed by atoms with van der Waals surface area (Å²) in [5.41, 5.74) is 2.83. The molecule has 10 nitrogen and oxygen atoms in total. The summed E-state index contributed by atoms with van der Waals surface area (Å²) in [6.07, 6.45) is 1.43. The fourth-order valence-electron chi connectivity index (χ4n) is 3.66. The topological polar surface area (TPSA) is 135 Å². The molecule has 4 rings (SSSR count). The Morgan fingerprint density at radius 1 is 0.947 bits per heavy atom. The van der Waals surface area contributed by atoms with Crippen LogP contribution in [0.25, 0.3) is 11.3 Å². The number of hydrogen-bond acceptors (Lipinski definition) is 8. The number of aromatic nitrogens is 3. The Labute approximate surface area is 221 Å². The molecule has 0 spiro atoms. The second-order valence-corrected chi connectivity index (χ2v) is 10.1. The predicted octanol–water partition coefficient (Wildman–Crippen LogP) is 3.82. The number of carboxylic acids is 1. The van der Waals surface area contributed by atoms with Gasteiger partial charge in [0.05, 0.1) is 24.5 Å². The number of nitrogens with zero attached hydrogens (tertiary/aromatic N) is 4. The highest BCUT2D eigenvalue weighted by atomic mass is 32.2. The number of pyridine rings is 3. The Bertz CT molecular complexity index is 1480. The number of ether oxygens (including phenoxy) is 1. The molecule has 38 heavy (non-hydrogen) atoms. The average molecular weight is 534 g/mol. The van der Waals surface area contributed by atoms with E-state index in [0.717, 1.165) is 16.8 Å². The lowest BCUT2D eigenvalue weighted by atomic mass is 10.1. The Morgan fingerprint density at radius 3 is 2.45 bits per heavy atom. The smallest absolute Gasteiger partial charge is 0.322 e. The normalized spacial score (nSPS) is 11.3. The zero-order valence-corrected chi connectivity index (χ0v) is 21.5. The van der Waals surface area contributed by atoms with Crippen molar-refractivity contribution in [2.75, 3.05) is 18.5 Å². The molecule has 3 aromatic heterocycles. The van der Waals surface area contributed by atoms with Crippen LogP contribution in [-0.4, -0.2) is 51.9 Å². The van der Waals surface area contributed by atoms with E-state index in [2.05, 4.69) is 20.3 Å². The van der Waals surface area contributed by atoms with E-state index in [1.807, 2.05) is 43.3 Å². The first kappa shape index (κ1) is 26.7. The first-order chi connectivity index (χ1) is 18.3. The molecule has 0 aliphatic carbocycles. The third kappa shape index (κ3) is 6.90. The van der Waals surface area contributed by atoms with Crippen LogP contribution in [0.5, 0.6) is 5.88 Å². The van der Waals surface area contributed by atoms with Gasteiger partial charge in [-0.1, -0.05) is 42.5 Å². The molecule has 196 valence electrons. The van der Waals surface area contributed by atoms with Crippen molar-refractivity contribution in [2.45, 2.75) is 25.0 Å². The first-order valence-electron chi connectivity index (χ1n) is 11.9. The van der Waals surface area contributed by atoms with Gasteiger partial charge in [0.2, 0.25) is 5.88 Å². The molecule has 0 saturated heterocycles. The lowest BCUT2D eigenvalue weighted by molar-refractivity contribution is -0.134. The zero-order chi connectivity index (χ0) is 27.0. The van der Waals surface area contributed by atoms with Gasteiger partial charge < -0.3 is 15.2 Å². The monoisotopic (exact) mass is 533 g/mol. The third-order valence-electron chi connectivity index (χ3n) is 5.43. The Morgan fingerprint density at radius 2 is 1.74 bits per heavy atom. The molecule has 11 heteroatoms. The van der Waals surface area contributed by atoms with Crippen molar-refractivity contribution in [3.8, 4) is 17.1 Å². The second-order valence-electron chi connectivity index (χ2n) is 8.19. The SMILES string of the molecule is CCOc1cccc(-c2ccc(CN(Cc3cccc(NCC(=O)O)n3)S(=O)(=O)c3ccccn3)cc2)n1. The fraction of sp³-hybridized carbons (Fsp3) is 0.185. The molecule has 0 radical (unpaired) electrons. The van der Waals surface area contributed by atoms with Crippen molar-refractivity contribution in [1.29, 1.82) is 0 Å². The highest BCUT2D eigenvalue weighted by Crippen LogP contribution is 2.23. The molecule has 0 aliphatic heterocycles. The highest BCUT2D eigenvalue weighted by molar-refractivity contribution is 7.89. The molecule has 0 bridgehead atoms. The minimum absolute atomic E-state index is 0.0405. The summed E-state index contributed by atoms with van der Waals surface area (Å²) in [6.45, 7) is 2.14. The van der Waals surface area contributed by atoms with Crippen molar-refractivity contribution in [3.05, 3.63) is 96.3 Å². The summed E-state index contributed by atoms with van der Waals surface area (Å²) < 4.78 is 33.9. The average Bonchev–Trinajstić information content (AvgIpc) is 2.93. The van der Waals surface area contributed by atoms with Gasteiger partial charge in [-0.3, -0.25) is 4.79 Å². The van der Waals surface area contributed by atoms with E-state index in [9.17, 15) is 13.2 Å². The van der Waals surface area contributed by atoms with Gasteiger partial charge in [0.25, 0.3) is 10.0 Å². The first-order valence-corrected chi connectivity index (χ1v) is 13.3. The number of benzene rings is 1. The zero-order valence-electron chi connectivity index (χ0n) is 20.7. The summed E-state index contributed by atoms with van der Waals surface area (Å²) in [4.78, 5) is 23.8. The van der Waals surface area contributed by atoms with Crippen LogP contribution in [-0.2, 0) is 27.9 Å². The fourth-order valence-corrected chi connectivity index (χ4v) is 4.99. The van der Waals surface area contributed by atoms with E-state index in [1.165, 1.54) is 16.6 Å². The van der Waals surface area contributed by atoms with E-state index < -0.39 is 16.0 Å². The number of nitrogens with one attached hydrogen (secondary N) is 1. The van der Waals surface area contributed by atoms with Crippen LogP contribution in [0, 0.1) is 0 Å². The van der Waals surface area contributed by atoms with E-state index in [0.29, 0.717) is 24.0 Å². The Balaban J connectivity index is 1.60. The van der Waals surface area contributed by atoms with Crippen LogP contribution in [0.15, 0.2) is 90.1 Å². The molecule has 1 aromatic carbocycles. The van der Waals surface area contributed by atoms with Gasteiger partial charge in [-0.2, -0.15) is 4.31 Å². The number of sulfonamides is 1. The molecule has 3 heterocycles. The van der Waals surface area contributed by atoms with Crippen molar-refractivity contribution < 1.29 is 23.1 Å². The molecule has 0 fully saturated rings. The minimum atomic E-state index is -3.97. The highest BCUT2D eigenvalue weighted by Gasteiger charge is 2.26. The quantitative estimate of drug-likeness (QED) is 0.279. The van der Waals surface area contributed by atoms with Crippen LogP contribution < -0.4 is 10.1 Å². The van der Waals surface area contributed by atoms with Gasteiger partial charge in [0, 0.05) is 24.4 Å². The third-order valence-corrected chi connectivity index (χ3v) is 7.14. The molecule has 0 amide bonds. The Kier molecular flexibility index (Phi) is 8.62. The van der Waals surface area contributed by atoms with Crippen LogP contribution in [0.1, 0.15) is 18.2 Å². The number of carboxylic acid groups (broad SMARTS) is 1. The van der Waals surface area contributed by atoms with Gasteiger partial charge in [-0.15, -0.1) is 0 Å². The second kappa shape index (κ2) is 12.3. The summed E-state index contributed by atoms with van der Waals surface area (Å²) in [5.74, 6) is -0.152. The van der Waals surface area contributed by atoms with E-state index in [4.69, 9.17) is 9.84 Å². The van der Waals surface area contributed by atoms with Crippen LogP contribution in [0.4, 0.5) is 5.82 Å². The molecular formula is C27H27N5O5S. The minimum Gasteiger partial charge on any atom is -0.480 e. The summed E-state index contributed by atoms with van der Waals surface area (Å²) >= 11 is 0. The van der Waals surface area contributed by atoms with Gasteiger partial charge in [0.1, 0.15) is 12.4 Å². The van der Waals surface area contributed by atoms with Crippen LogP contribution in [0.2, 0.25) is 0 Å². The molecular weight excluding hydrogens is 506 g/mol. The number of aliphatic carboxylic acids is 1. The van der Waals surface area contributed by atoms with Crippen LogP contribution in [0.3, 0.4) is 0 Å². The van der Waals surface area contributed by atoms with Crippen molar-refractivity contribution in [1.82, 2.24) is 19.3 Å². The van der Waals surface area contributed by atoms with Crippen molar-refractivity contribution in [3.63, 3.8) is 0 Å². The molecule has 2 N–H and O–H groups in total. The van der Waals surface area contributed by atoms with E-state index >= 15 is 0 Å². The number of carbonyl (C=O) groups is 1. The molecule has 0 atom stereocenters. The predicted molar refractivity (Wildman–Crippen MR) is 142 cm³/mol. The molecule has 0 unspecified atom stereocenters. The molecule has 0 saturated carbocycles. The maximum absolute atomic E-state index is 13.5. The number of hydrogen-bond donors (Lipinski definition) is 2. The molecule has 0 aliphatic rings. The van der Waals surface area contributed by atoms with Crippen LogP contribution >= 0.6 is 0 Å². The summed E-state index contributed by atoms with van der Waals surface area (Å²) in [7, 11) is -3.97. The molecule has 4 aromatic rings. The largest absolute Gasteiger partial charge is 0.480 e. The Hall–Kier alpha value is -4.35. The van der Waals surface area contributed by atoms with E-state index in [-0.39, 0.29) is 24.7 Å². The lowest BCUT2D eigenvalue weighted by Gasteiger charge is -2.22. The van der Waals surface area contributed by atoms with Gasteiger partial charge in [-0.05, 0) is 42.8 Å². The maximum Gasteiger partial charge on any atom is 0.322 e. The standard InChI is InChI=1S/C27H27N5O5S/c1-2-37-25-10-6-8-23(31-25)21-14-12-20(13-15-21)18-32(38(35,36)26-11-3-4-16-28-26)19-22-7-5-9-24(30-22)29-17-27(33)34/h3-16H,2,17-19H2,1H3,(H,29,30)(H,33,34). The number of rotatable bonds is 12. The van der Waals surface area contributed by atoms with Gasteiger partial charge >= 0.3 is 5.97 Å². The lowest BCUT2D eigenvalue weighted by Crippen LogP contribution is -2.31. The van der Waals surface area contributed by atoms with Crippen molar-refractivity contribution >= 4 is 21.8 Å². The summed E-state index contributed by atoms with van der Waals surface area (Å²) in [6, 6.07) is 22.7.